The quantitative estimate of drug-likeness (QED) is 0.802. The Morgan fingerprint density at radius 3 is 2.42 bits per heavy atom. The van der Waals surface area contributed by atoms with E-state index >= 15 is 0 Å². The summed E-state index contributed by atoms with van der Waals surface area (Å²) in [5.41, 5.74) is 3.97. The molecule has 1 aromatic carbocycles. The molecule has 0 saturated heterocycles. The van der Waals surface area contributed by atoms with Gasteiger partial charge in [-0.15, -0.1) is 0 Å². The molecular formula is C22H25NO3. The van der Waals surface area contributed by atoms with Gasteiger partial charge in [0, 0.05) is 30.8 Å². The monoisotopic (exact) mass is 351 g/mol. The number of hydrogen-bond donors (Lipinski definition) is 2. The van der Waals surface area contributed by atoms with Crippen molar-refractivity contribution in [2.45, 2.75) is 32.6 Å². The minimum Gasteiger partial charge on any atom is -0.507 e. The lowest BCUT2D eigenvalue weighted by atomic mass is 9.73. The first-order valence-corrected chi connectivity index (χ1v) is 8.83. The molecule has 1 aromatic heterocycles. The molecule has 0 bridgehead atoms. The van der Waals surface area contributed by atoms with Gasteiger partial charge in [0.1, 0.15) is 11.5 Å². The lowest BCUT2D eigenvalue weighted by Gasteiger charge is -2.31. The van der Waals surface area contributed by atoms with Crippen LogP contribution in [0.2, 0.25) is 0 Å². The van der Waals surface area contributed by atoms with Crippen LogP contribution in [0.3, 0.4) is 0 Å². The fraction of sp³-hybridized carbons (Fsp3) is 0.318. The van der Waals surface area contributed by atoms with Crippen molar-refractivity contribution in [2.24, 2.45) is 13.0 Å². The summed E-state index contributed by atoms with van der Waals surface area (Å²) in [5, 5.41) is 21.4. The molecule has 1 aliphatic carbocycles. The molecule has 0 aliphatic heterocycles. The Kier molecular flexibility index (Phi) is 4.77. The predicted molar refractivity (Wildman–Crippen MR) is 104 cm³/mol. The molecule has 2 aromatic rings. The first-order valence-electron chi connectivity index (χ1n) is 8.83. The van der Waals surface area contributed by atoms with Crippen molar-refractivity contribution in [3.8, 4) is 22.6 Å². The summed E-state index contributed by atoms with van der Waals surface area (Å²) < 4.78 is 1.48. The Hall–Kier alpha value is -2.75. The van der Waals surface area contributed by atoms with Crippen molar-refractivity contribution in [1.29, 1.82) is 0 Å². The Labute approximate surface area is 153 Å². The van der Waals surface area contributed by atoms with E-state index in [9.17, 15) is 15.0 Å². The summed E-state index contributed by atoms with van der Waals surface area (Å²) >= 11 is 0. The lowest BCUT2D eigenvalue weighted by molar-refractivity contribution is 0.407. The Morgan fingerprint density at radius 2 is 1.85 bits per heavy atom. The van der Waals surface area contributed by atoms with Gasteiger partial charge in [-0.3, -0.25) is 4.79 Å². The van der Waals surface area contributed by atoms with Gasteiger partial charge in [0.05, 0.1) is 0 Å². The van der Waals surface area contributed by atoms with E-state index in [1.54, 1.807) is 31.4 Å². The normalized spacial score (nSPS) is 19.9. The van der Waals surface area contributed by atoms with Gasteiger partial charge in [0.15, 0.2) is 0 Å². The van der Waals surface area contributed by atoms with E-state index in [4.69, 9.17) is 0 Å². The minimum atomic E-state index is -0.140. The number of pyridine rings is 1. The maximum atomic E-state index is 11.9. The molecule has 136 valence electrons. The second kappa shape index (κ2) is 6.87. The number of allylic oxidation sites excluding steroid dienone is 3. The second-order valence-corrected chi connectivity index (χ2v) is 7.32. The fourth-order valence-electron chi connectivity index (χ4n) is 3.77. The lowest BCUT2D eigenvalue weighted by Crippen LogP contribution is -2.17. The standard InChI is InChI=1S/C22H25NO3/c1-13(2)17-6-5-14(3)9-18(17)22-19(24)10-16(11-20(22)25)15-7-8-23(4)21(26)12-15/h7-12,17-18,24-25H,1,5-6H2,2-4H3/t17-,18+/m0/s1. The molecule has 0 radical (unpaired) electrons. The van der Waals surface area contributed by atoms with E-state index in [2.05, 4.69) is 19.6 Å². The molecule has 4 nitrogen and oxygen atoms in total. The third kappa shape index (κ3) is 3.32. The van der Waals surface area contributed by atoms with E-state index in [1.165, 1.54) is 16.2 Å². The molecule has 0 spiro atoms. The Morgan fingerprint density at radius 1 is 1.19 bits per heavy atom. The molecular weight excluding hydrogens is 326 g/mol. The highest BCUT2D eigenvalue weighted by Gasteiger charge is 2.30. The number of phenols is 2. The molecule has 0 fully saturated rings. The number of nitrogens with zero attached hydrogens (tertiary/aromatic N) is 1. The van der Waals surface area contributed by atoms with E-state index in [0.717, 1.165) is 18.4 Å². The van der Waals surface area contributed by atoms with E-state index in [0.29, 0.717) is 16.7 Å². The summed E-state index contributed by atoms with van der Waals surface area (Å²) in [5.74, 6) is 0.176. The van der Waals surface area contributed by atoms with Gasteiger partial charge >= 0.3 is 0 Å². The van der Waals surface area contributed by atoms with Crippen LogP contribution in [-0.2, 0) is 7.05 Å². The van der Waals surface area contributed by atoms with Crippen LogP contribution in [0.1, 0.15) is 38.2 Å². The zero-order valence-corrected chi connectivity index (χ0v) is 15.5. The van der Waals surface area contributed by atoms with Crippen LogP contribution in [0.4, 0.5) is 0 Å². The van der Waals surface area contributed by atoms with Crippen LogP contribution in [-0.4, -0.2) is 14.8 Å². The number of benzene rings is 1. The van der Waals surface area contributed by atoms with Gasteiger partial charge in [-0.2, -0.15) is 0 Å². The molecule has 0 saturated carbocycles. The summed E-state index contributed by atoms with van der Waals surface area (Å²) in [6.07, 6.45) is 5.75. The van der Waals surface area contributed by atoms with Gasteiger partial charge in [-0.25, -0.2) is 0 Å². The van der Waals surface area contributed by atoms with Crippen molar-refractivity contribution in [3.05, 3.63) is 70.2 Å². The van der Waals surface area contributed by atoms with Crippen LogP contribution in [0.25, 0.3) is 11.1 Å². The van der Waals surface area contributed by atoms with Crippen LogP contribution in [0, 0.1) is 5.92 Å². The van der Waals surface area contributed by atoms with Gasteiger partial charge in [-0.1, -0.05) is 23.8 Å². The van der Waals surface area contributed by atoms with Gasteiger partial charge in [0.2, 0.25) is 0 Å². The smallest absolute Gasteiger partial charge is 0.250 e. The summed E-state index contributed by atoms with van der Waals surface area (Å²) in [6.45, 7) is 8.16. The predicted octanol–water partition coefficient (Wildman–Crippen LogP) is 4.48. The van der Waals surface area contributed by atoms with Gasteiger partial charge in [-0.05, 0) is 61.9 Å². The highest BCUT2D eigenvalue weighted by atomic mass is 16.3. The first-order chi connectivity index (χ1) is 12.3. The molecule has 0 amide bonds. The van der Waals surface area contributed by atoms with E-state index < -0.39 is 0 Å². The highest BCUT2D eigenvalue weighted by Crippen LogP contribution is 2.47. The van der Waals surface area contributed by atoms with Crippen molar-refractivity contribution in [3.63, 3.8) is 0 Å². The molecule has 2 atom stereocenters. The third-order valence-electron chi connectivity index (χ3n) is 5.29. The highest BCUT2D eigenvalue weighted by molar-refractivity contribution is 5.69. The van der Waals surface area contributed by atoms with Crippen molar-refractivity contribution < 1.29 is 10.2 Å². The second-order valence-electron chi connectivity index (χ2n) is 7.32. The van der Waals surface area contributed by atoms with Crippen molar-refractivity contribution in [1.82, 2.24) is 4.57 Å². The zero-order chi connectivity index (χ0) is 19.0. The minimum absolute atomic E-state index is 0.0443. The van der Waals surface area contributed by atoms with Crippen LogP contribution < -0.4 is 5.56 Å². The van der Waals surface area contributed by atoms with E-state index in [-0.39, 0.29) is 28.9 Å². The van der Waals surface area contributed by atoms with Crippen molar-refractivity contribution >= 4 is 0 Å². The van der Waals surface area contributed by atoms with Gasteiger partial charge < -0.3 is 14.8 Å². The maximum Gasteiger partial charge on any atom is 0.250 e. The van der Waals surface area contributed by atoms with E-state index in [1.807, 2.05) is 6.92 Å². The molecule has 1 heterocycles. The topological polar surface area (TPSA) is 62.5 Å². The van der Waals surface area contributed by atoms with Crippen LogP contribution >= 0.6 is 0 Å². The molecule has 0 unspecified atom stereocenters. The number of rotatable bonds is 3. The van der Waals surface area contributed by atoms with Crippen LogP contribution in [0.15, 0.2) is 59.1 Å². The number of hydrogen-bond acceptors (Lipinski definition) is 3. The maximum absolute atomic E-state index is 11.9. The molecule has 4 heteroatoms. The molecule has 1 aliphatic rings. The summed E-state index contributed by atoms with van der Waals surface area (Å²) in [4.78, 5) is 11.9. The number of phenolic OH excluding ortho intramolecular Hbond substituents is 2. The van der Waals surface area contributed by atoms with Crippen molar-refractivity contribution in [2.75, 3.05) is 0 Å². The number of aromatic hydroxyl groups is 2. The number of aryl methyl sites for hydroxylation is 1. The molecule has 2 N–H and O–H groups in total. The largest absolute Gasteiger partial charge is 0.507 e. The zero-order valence-electron chi connectivity index (χ0n) is 15.5. The SMILES string of the molecule is C=C(C)[C@@H]1CCC(C)=C[C@H]1c1c(O)cc(-c2ccn(C)c(=O)c2)cc1O. The number of aromatic nitrogens is 1. The fourth-order valence-corrected chi connectivity index (χ4v) is 3.77. The average Bonchev–Trinajstić information content (AvgIpc) is 2.56. The van der Waals surface area contributed by atoms with Gasteiger partial charge in [0.25, 0.3) is 5.56 Å². The Bertz CT molecular complexity index is 929. The Balaban J connectivity index is 2.10. The third-order valence-corrected chi connectivity index (χ3v) is 5.29. The molecule has 26 heavy (non-hydrogen) atoms. The molecule has 3 rings (SSSR count). The average molecular weight is 351 g/mol. The van der Waals surface area contributed by atoms with Crippen LogP contribution in [0.5, 0.6) is 11.5 Å². The summed E-state index contributed by atoms with van der Waals surface area (Å²) in [6, 6.07) is 6.53. The first kappa shape index (κ1) is 18.1. The summed E-state index contributed by atoms with van der Waals surface area (Å²) in [7, 11) is 1.68.